The summed E-state index contributed by atoms with van der Waals surface area (Å²) >= 11 is 0. The lowest BCUT2D eigenvalue weighted by atomic mass is 10.1. The Balaban J connectivity index is 2.01. The van der Waals surface area contributed by atoms with Gasteiger partial charge in [-0.25, -0.2) is 4.79 Å². The maximum atomic E-state index is 12.8. The van der Waals surface area contributed by atoms with Gasteiger partial charge in [0.15, 0.2) is 0 Å². The summed E-state index contributed by atoms with van der Waals surface area (Å²) in [5.41, 5.74) is 0.490. The highest BCUT2D eigenvalue weighted by Gasteiger charge is 2.37. The van der Waals surface area contributed by atoms with Gasteiger partial charge in [0.05, 0.1) is 12.0 Å². The van der Waals surface area contributed by atoms with Gasteiger partial charge in [0, 0.05) is 18.8 Å². The number of aliphatic carboxylic acids is 1. The van der Waals surface area contributed by atoms with Gasteiger partial charge in [0.1, 0.15) is 6.61 Å². The first kappa shape index (κ1) is 15.6. The Morgan fingerprint density at radius 2 is 2.19 bits per heavy atom. The van der Waals surface area contributed by atoms with Crippen molar-refractivity contribution < 1.29 is 27.8 Å². The van der Waals surface area contributed by atoms with Crippen LogP contribution in [0, 0.1) is 5.92 Å². The molecule has 0 aromatic heterocycles. The molecule has 0 saturated carbocycles. The largest absolute Gasteiger partial charge is 0.480 e. The van der Waals surface area contributed by atoms with Gasteiger partial charge in [0.2, 0.25) is 0 Å². The number of nitrogens with zero attached hydrogens (tertiary/aromatic N) is 1. The zero-order valence-corrected chi connectivity index (χ0v) is 11.2. The summed E-state index contributed by atoms with van der Waals surface area (Å²) in [6.07, 6.45) is 2.89. The summed E-state index contributed by atoms with van der Waals surface area (Å²) in [6.45, 7) is 0.555. The van der Waals surface area contributed by atoms with Gasteiger partial charge in [-0.15, -0.1) is 0 Å². The molecule has 1 heterocycles. The first-order valence-corrected chi connectivity index (χ1v) is 6.58. The summed E-state index contributed by atoms with van der Waals surface area (Å²) in [7, 11) is 0. The first-order chi connectivity index (χ1) is 9.86. The van der Waals surface area contributed by atoms with Gasteiger partial charge in [0.25, 0.3) is 0 Å². The fourth-order valence-electron chi connectivity index (χ4n) is 2.34. The normalized spacial score (nSPS) is 25.9. The third-order valence-electron chi connectivity index (χ3n) is 3.38. The molecule has 0 spiro atoms. The molecule has 2 atom stereocenters. The van der Waals surface area contributed by atoms with E-state index in [9.17, 15) is 18.0 Å². The Morgan fingerprint density at radius 3 is 2.86 bits per heavy atom. The van der Waals surface area contributed by atoms with Crippen LogP contribution in [0.15, 0.2) is 36.1 Å². The molecule has 1 aliphatic carbocycles. The van der Waals surface area contributed by atoms with Crippen LogP contribution in [0.3, 0.4) is 0 Å². The molecular weight excluding hydrogens is 287 g/mol. The van der Waals surface area contributed by atoms with Crippen molar-refractivity contribution in [3.05, 3.63) is 36.1 Å². The minimum atomic E-state index is -4.31. The number of carbonyl (C=O) groups is 1. The third kappa shape index (κ3) is 4.35. The molecule has 1 aliphatic heterocycles. The number of halogens is 3. The molecule has 1 N–H and O–H groups in total. The highest BCUT2D eigenvalue weighted by molar-refractivity contribution is 5.68. The monoisotopic (exact) mass is 303 g/mol. The van der Waals surface area contributed by atoms with Crippen molar-refractivity contribution in [3.8, 4) is 0 Å². The Hall–Kier alpha value is -1.76. The number of hydrogen-bond donors (Lipinski definition) is 1. The van der Waals surface area contributed by atoms with Crippen LogP contribution in [0.4, 0.5) is 13.2 Å². The lowest BCUT2D eigenvalue weighted by molar-refractivity contribution is -0.149. The Kier molecular flexibility index (Phi) is 4.72. The van der Waals surface area contributed by atoms with E-state index in [1.165, 1.54) is 12.2 Å². The molecule has 1 fully saturated rings. The molecule has 2 aliphatic rings. The Labute approximate surface area is 120 Å². The predicted molar refractivity (Wildman–Crippen MR) is 69.5 cm³/mol. The molecule has 116 valence electrons. The topological polar surface area (TPSA) is 49.8 Å². The number of likely N-dealkylation sites (tertiary alicyclic amines) is 1. The molecule has 21 heavy (non-hydrogen) atoms. The SMILES string of the molecule is O=C(O)COC1CCN(C2=CC(C(F)(F)F)C=CC=C2)C1. The number of alkyl halides is 3. The fraction of sp³-hybridized carbons (Fsp3) is 0.500. The van der Waals surface area contributed by atoms with E-state index in [0.717, 1.165) is 6.08 Å². The average Bonchev–Trinajstić information content (AvgIpc) is 2.70. The van der Waals surface area contributed by atoms with E-state index in [4.69, 9.17) is 9.84 Å². The molecule has 0 bridgehead atoms. The van der Waals surface area contributed by atoms with E-state index in [0.29, 0.717) is 25.2 Å². The first-order valence-electron chi connectivity index (χ1n) is 6.58. The van der Waals surface area contributed by atoms with E-state index >= 15 is 0 Å². The smallest absolute Gasteiger partial charge is 0.398 e. The second-order valence-corrected chi connectivity index (χ2v) is 4.96. The Morgan fingerprint density at radius 1 is 1.43 bits per heavy atom. The molecule has 2 rings (SSSR count). The van der Waals surface area contributed by atoms with Crippen LogP contribution in [0.5, 0.6) is 0 Å². The highest BCUT2D eigenvalue weighted by atomic mass is 19.4. The van der Waals surface area contributed by atoms with E-state index in [1.54, 1.807) is 17.1 Å². The van der Waals surface area contributed by atoms with Crippen LogP contribution >= 0.6 is 0 Å². The van der Waals surface area contributed by atoms with Crippen LogP contribution in [0.2, 0.25) is 0 Å². The van der Waals surface area contributed by atoms with Crippen molar-refractivity contribution in [3.63, 3.8) is 0 Å². The standard InChI is InChI=1S/C14H16F3NO3/c15-14(16,17)10-3-1-2-4-11(7-10)18-6-5-12(8-18)21-9-13(19)20/h1-4,7,10,12H,5-6,8-9H2,(H,19,20). The predicted octanol–water partition coefficient (Wildman–Crippen LogP) is 2.35. The minimum Gasteiger partial charge on any atom is -0.480 e. The van der Waals surface area contributed by atoms with Crippen LogP contribution in [-0.2, 0) is 9.53 Å². The van der Waals surface area contributed by atoms with Gasteiger partial charge >= 0.3 is 12.1 Å². The van der Waals surface area contributed by atoms with Crippen molar-refractivity contribution in [1.82, 2.24) is 4.90 Å². The number of allylic oxidation sites excluding steroid dienone is 5. The van der Waals surface area contributed by atoms with Crippen molar-refractivity contribution in [2.45, 2.75) is 18.7 Å². The second-order valence-electron chi connectivity index (χ2n) is 4.96. The van der Waals surface area contributed by atoms with Crippen LogP contribution < -0.4 is 0 Å². The van der Waals surface area contributed by atoms with E-state index < -0.39 is 18.1 Å². The molecule has 0 radical (unpaired) electrons. The second kappa shape index (κ2) is 6.34. The number of ether oxygens (including phenoxy) is 1. The number of rotatable bonds is 4. The lowest BCUT2D eigenvalue weighted by Crippen LogP contribution is -2.25. The summed E-state index contributed by atoms with van der Waals surface area (Å²) in [5.74, 6) is -2.66. The maximum absolute atomic E-state index is 12.8. The van der Waals surface area contributed by atoms with Crippen molar-refractivity contribution in [2.75, 3.05) is 19.7 Å². The molecule has 4 nitrogen and oxygen atoms in total. The molecule has 1 saturated heterocycles. The Bertz CT molecular complexity index is 482. The molecule has 0 aromatic carbocycles. The van der Waals surface area contributed by atoms with Gasteiger partial charge < -0.3 is 14.7 Å². The average molecular weight is 303 g/mol. The number of hydrogen-bond acceptors (Lipinski definition) is 3. The fourth-order valence-corrected chi connectivity index (χ4v) is 2.34. The lowest BCUT2D eigenvalue weighted by Gasteiger charge is -2.21. The van der Waals surface area contributed by atoms with E-state index in [1.807, 2.05) is 0 Å². The van der Waals surface area contributed by atoms with Gasteiger partial charge in [-0.3, -0.25) is 0 Å². The maximum Gasteiger partial charge on any atom is 0.398 e. The molecule has 2 unspecified atom stereocenters. The van der Waals surface area contributed by atoms with Crippen molar-refractivity contribution in [1.29, 1.82) is 0 Å². The zero-order chi connectivity index (χ0) is 15.5. The summed E-state index contributed by atoms with van der Waals surface area (Å²) in [4.78, 5) is 12.2. The quantitative estimate of drug-likeness (QED) is 0.866. The van der Waals surface area contributed by atoms with Crippen LogP contribution in [0.25, 0.3) is 0 Å². The summed E-state index contributed by atoms with van der Waals surface area (Å²) in [5, 5.41) is 8.56. The van der Waals surface area contributed by atoms with Gasteiger partial charge in [-0.2, -0.15) is 13.2 Å². The summed E-state index contributed by atoms with van der Waals surface area (Å²) in [6, 6.07) is 0. The summed E-state index contributed by atoms with van der Waals surface area (Å²) < 4.78 is 43.7. The molecular formula is C14H16F3NO3. The highest BCUT2D eigenvalue weighted by Crippen LogP contribution is 2.32. The molecule has 0 aromatic rings. The molecule has 7 heteroatoms. The third-order valence-corrected chi connectivity index (χ3v) is 3.38. The number of carboxylic acids is 1. The number of carboxylic acid groups (broad SMARTS) is 1. The molecule has 0 amide bonds. The van der Waals surface area contributed by atoms with E-state index in [2.05, 4.69) is 0 Å². The van der Waals surface area contributed by atoms with Gasteiger partial charge in [-0.05, 0) is 18.6 Å². The van der Waals surface area contributed by atoms with E-state index in [-0.39, 0.29) is 12.7 Å². The van der Waals surface area contributed by atoms with Crippen molar-refractivity contribution in [2.24, 2.45) is 5.92 Å². The minimum absolute atomic E-state index is 0.268. The van der Waals surface area contributed by atoms with Crippen molar-refractivity contribution >= 4 is 5.97 Å². The van der Waals surface area contributed by atoms with Crippen LogP contribution in [-0.4, -0.2) is 48.0 Å². The van der Waals surface area contributed by atoms with Crippen LogP contribution in [0.1, 0.15) is 6.42 Å². The zero-order valence-electron chi connectivity index (χ0n) is 11.2. The van der Waals surface area contributed by atoms with Gasteiger partial charge in [-0.1, -0.05) is 18.2 Å².